The Labute approximate surface area is 102 Å². The highest BCUT2D eigenvalue weighted by molar-refractivity contribution is 9.10. The van der Waals surface area contributed by atoms with Gasteiger partial charge in [-0.2, -0.15) is 0 Å². The van der Waals surface area contributed by atoms with Crippen molar-refractivity contribution in [3.63, 3.8) is 0 Å². The molecule has 0 radical (unpaired) electrons. The fraction of sp³-hybridized carbons (Fsp3) is 0.600. The normalized spacial score (nSPS) is 15.7. The summed E-state index contributed by atoms with van der Waals surface area (Å²) < 4.78 is 5.80. The summed E-state index contributed by atoms with van der Waals surface area (Å²) in [6.07, 6.45) is 3.51. The van der Waals surface area contributed by atoms with Crippen LogP contribution < -0.4 is 0 Å². The first-order valence-corrected chi connectivity index (χ1v) is 6.07. The summed E-state index contributed by atoms with van der Waals surface area (Å²) in [5, 5.41) is 0.479. The summed E-state index contributed by atoms with van der Waals surface area (Å²) in [7, 11) is 1.64. The van der Waals surface area contributed by atoms with Gasteiger partial charge in [0.15, 0.2) is 0 Å². The molecular formula is C10H12BrClN2O. The average molecular weight is 292 g/mol. The average Bonchev–Trinajstić information content (AvgIpc) is 2.98. The summed E-state index contributed by atoms with van der Waals surface area (Å²) in [6.45, 7) is 0.459. The minimum atomic E-state index is 0.459. The minimum Gasteiger partial charge on any atom is -0.378 e. The summed E-state index contributed by atoms with van der Waals surface area (Å²) >= 11 is 9.37. The summed E-state index contributed by atoms with van der Waals surface area (Å²) in [5.41, 5.74) is 0.827. The zero-order chi connectivity index (χ0) is 10.8. The first kappa shape index (κ1) is 11.3. The molecule has 82 valence electrons. The van der Waals surface area contributed by atoms with Gasteiger partial charge in [-0.15, -0.1) is 0 Å². The van der Waals surface area contributed by atoms with Crippen molar-refractivity contribution in [3.05, 3.63) is 21.1 Å². The van der Waals surface area contributed by atoms with Crippen LogP contribution in [0.4, 0.5) is 0 Å². The largest absolute Gasteiger partial charge is 0.378 e. The predicted octanol–water partition coefficient (Wildman–Crippen LogP) is 2.99. The van der Waals surface area contributed by atoms with E-state index in [0.717, 1.165) is 28.3 Å². The topological polar surface area (TPSA) is 35.0 Å². The fourth-order valence-corrected chi connectivity index (χ4v) is 1.91. The monoisotopic (exact) mass is 290 g/mol. The fourth-order valence-electron chi connectivity index (χ4n) is 1.42. The molecule has 0 aliphatic heterocycles. The third-order valence-electron chi connectivity index (χ3n) is 2.37. The van der Waals surface area contributed by atoms with Gasteiger partial charge in [0.1, 0.15) is 11.0 Å². The van der Waals surface area contributed by atoms with Crippen LogP contribution in [0.2, 0.25) is 5.15 Å². The molecule has 1 heterocycles. The Morgan fingerprint density at radius 2 is 2.20 bits per heavy atom. The Bertz CT molecular complexity index is 369. The zero-order valence-corrected chi connectivity index (χ0v) is 10.8. The second-order valence-electron chi connectivity index (χ2n) is 3.77. The van der Waals surface area contributed by atoms with Crippen molar-refractivity contribution in [3.8, 4) is 0 Å². The highest BCUT2D eigenvalue weighted by Crippen LogP contribution is 2.33. The number of halogens is 2. The Morgan fingerprint density at radius 3 is 2.80 bits per heavy atom. The molecular weight excluding hydrogens is 279 g/mol. The molecule has 1 aromatic heterocycles. The van der Waals surface area contributed by atoms with Crippen molar-refractivity contribution in [2.45, 2.75) is 25.9 Å². The van der Waals surface area contributed by atoms with Crippen molar-refractivity contribution in [1.29, 1.82) is 0 Å². The van der Waals surface area contributed by atoms with Crippen LogP contribution >= 0.6 is 27.5 Å². The number of methoxy groups -OCH3 is 1. The van der Waals surface area contributed by atoms with Gasteiger partial charge in [-0.1, -0.05) is 11.6 Å². The number of ether oxygens (including phenoxy) is 1. The molecule has 0 spiro atoms. The summed E-state index contributed by atoms with van der Waals surface area (Å²) in [5.74, 6) is 1.59. The molecule has 1 aliphatic carbocycles. The first-order valence-electron chi connectivity index (χ1n) is 4.90. The van der Waals surface area contributed by atoms with E-state index in [9.17, 15) is 0 Å². The van der Waals surface area contributed by atoms with Crippen LogP contribution in [0.1, 0.15) is 24.4 Å². The number of rotatable bonds is 4. The lowest BCUT2D eigenvalue weighted by molar-refractivity contribution is 0.180. The maximum atomic E-state index is 6.01. The van der Waals surface area contributed by atoms with Crippen molar-refractivity contribution >= 4 is 27.5 Å². The number of aromatic nitrogens is 2. The van der Waals surface area contributed by atoms with Gasteiger partial charge in [-0.3, -0.25) is 0 Å². The molecule has 1 aromatic rings. The molecule has 1 saturated carbocycles. The van der Waals surface area contributed by atoms with Gasteiger partial charge < -0.3 is 4.74 Å². The zero-order valence-electron chi connectivity index (χ0n) is 8.46. The molecule has 0 unspecified atom stereocenters. The van der Waals surface area contributed by atoms with E-state index >= 15 is 0 Å². The van der Waals surface area contributed by atoms with Crippen LogP contribution in [0.25, 0.3) is 0 Å². The van der Waals surface area contributed by atoms with E-state index in [0.29, 0.717) is 11.8 Å². The van der Waals surface area contributed by atoms with Gasteiger partial charge in [0.2, 0.25) is 0 Å². The number of hydrogen-bond acceptors (Lipinski definition) is 3. The van der Waals surface area contributed by atoms with Crippen molar-refractivity contribution in [1.82, 2.24) is 9.97 Å². The molecule has 2 rings (SSSR count). The van der Waals surface area contributed by atoms with Gasteiger partial charge in [-0.05, 0) is 34.7 Å². The maximum absolute atomic E-state index is 6.01. The van der Waals surface area contributed by atoms with Gasteiger partial charge >= 0.3 is 0 Å². The van der Waals surface area contributed by atoms with Crippen LogP contribution in [0.15, 0.2) is 4.47 Å². The number of nitrogens with zero attached hydrogens (tertiary/aromatic N) is 2. The molecule has 5 heteroatoms. The van der Waals surface area contributed by atoms with E-state index in [1.165, 1.54) is 12.8 Å². The van der Waals surface area contributed by atoms with Gasteiger partial charge in [-0.25, -0.2) is 9.97 Å². The second-order valence-corrected chi connectivity index (χ2v) is 4.92. The first-order chi connectivity index (χ1) is 7.20. The molecule has 0 aromatic carbocycles. The smallest absolute Gasteiger partial charge is 0.147 e. The number of hydrogen-bond donors (Lipinski definition) is 0. The quantitative estimate of drug-likeness (QED) is 0.800. The van der Waals surface area contributed by atoms with Crippen LogP contribution in [0, 0.1) is 5.92 Å². The van der Waals surface area contributed by atoms with Gasteiger partial charge in [0.25, 0.3) is 0 Å². The predicted molar refractivity (Wildman–Crippen MR) is 61.9 cm³/mol. The molecule has 0 atom stereocenters. The molecule has 1 fully saturated rings. The van der Waals surface area contributed by atoms with E-state index in [2.05, 4.69) is 25.9 Å². The molecule has 0 bridgehead atoms. The standard InChI is InChI=1S/C10H12BrClN2O/c1-15-5-7-9(11)10(12)14-8(13-7)4-6-2-3-6/h6H,2-5H2,1H3. The molecule has 0 saturated heterocycles. The SMILES string of the molecule is COCc1nc(CC2CC2)nc(Cl)c1Br. The lowest BCUT2D eigenvalue weighted by Gasteiger charge is -2.06. The van der Waals surface area contributed by atoms with E-state index in [1.54, 1.807) is 7.11 Å². The van der Waals surface area contributed by atoms with E-state index in [-0.39, 0.29) is 0 Å². The molecule has 1 aliphatic rings. The second kappa shape index (κ2) is 4.76. The Kier molecular flexibility index (Phi) is 3.59. The maximum Gasteiger partial charge on any atom is 0.147 e. The molecule has 0 amide bonds. The van der Waals surface area contributed by atoms with Crippen molar-refractivity contribution < 1.29 is 4.74 Å². The van der Waals surface area contributed by atoms with Gasteiger partial charge in [0, 0.05) is 13.5 Å². The third kappa shape index (κ3) is 2.89. The van der Waals surface area contributed by atoms with E-state index in [1.807, 2.05) is 0 Å². The van der Waals surface area contributed by atoms with E-state index in [4.69, 9.17) is 16.3 Å². The van der Waals surface area contributed by atoms with Gasteiger partial charge in [0.05, 0.1) is 16.8 Å². The minimum absolute atomic E-state index is 0.459. The van der Waals surface area contributed by atoms with Crippen molar-refractivity contribution in [2.24, 2.45) is 5.92 Å². The van der Waals surface area contributed by atoms with Crippen LogP contribution in [-0.2, 0) is 17.8 Å². The molecule has 15 heavy (non-hydrogen) atoms. The van der Waals surface area contributed by atoms with Crippen LogP contribution in [-0.4, -0.2) is 17.1 Å². The highest BCUT2D eigenvalue weighted by Gasteiger charge is 2.23. The van der Waals surface area contributed by atoms with E-state index < -0.39 is 0 Å². The third-order valence-corrected chi connectivity index (χ3v) is 3.71. The Balaban J connectivity index is 2.23. The highest BCUT2D eigenvalue weighted by atomic mass is 79.9. The summed E-state index contributed by atoms with van der Waals surface area (Å²) in [4.78, 5) is 8.68. The van der Waals surface area contributed by atoms with Crippen molar-refractivity contribution in [2.75, 3.05) is 7.11 Å². The molecule has 0 N–H and O–H groups in total. The van der Waals surface area contributed by atoms with Crippen LogP contribution in [0.5, 0.6) is 0 Å². The van der Waals surface area contributed by atoms with Crippen LogP contribution in [0.3, 0.4) is 0 Å². The molecule has 3 nitrogen and oxygen atoms in total. The Morgan fingerprint density at radius 1 is 1.47 bits per heavy atom. The lowest BCUT2D eigenvalue weighted by atomic mass is 10.3. The summed E-state index contributed by atoms with van der Waals surface area (Å²) in [6, 6.07) is 0. The Hall–Kier alpha value is -0.190. The lowest BCUT2D eigenvalue weighted by Crippen LogP contribution is -2.03.